The Kier molecular flexibility index (Phi) is 25.2. The van der Waals surface area contributed by atoms with Gasteiger partial charge in [-0.15, -0.1) is 49.6 Å². The van der Waals surface area contributed by atoms with E-state index in [1.165, 1.54) is 11.1 Å². The lowest BCUT2D eigenvalue weighted by Crippen LogP contribution is -2.46. The van der Waals surface area contributed by atoms with Gasteiger partial charge in [0.05, 0.1) is 39.5 Å². The van der Waals surface area contributed by atoms with Gasteiger partial charge in [-0.05, 0) is 23.3 Å². The first-order chi connectivity index (χ1) is 27.3. The van der Waals surface area contributed by atoms with Crippen LogP contribution in [0.25, 0.3) is 21.8 Å². The minimum absolute atomic E-state index is 0. The van der Waals surface area contributed by atoms with Crippen LogP contribution in [-0.4, -0.2) is 117 Å². The smallest absolute Gasteiger partial charge is 0.162 e. The van der Waals surface area contributed by atoms with Crippen molar-refractivity contribution in [2.24, 2.45) is 0 Å². The highest BCUT2D eigenvalue weighted by molar-refractivity contribution is 5.95. The number of fused-ring (bicyclic) bond motifs is 2. The molecular weight excluding hydrogens is 894 g/mol. The Morgan fingerprint density at radius 1 is 0.444 bits per heavy atom. The Balaban J connectivity index is 0.00000110. The first-order valence-electron chi connectivity index (χ1n) is 19.0. The highest BCUT2D eigenvalue weighted by atomic mass is 35.5. The van der Waals surface area contributed by atoms with Crippen LogP contribution in [0.5, 0.6) is 23.0 Å². The van der Waals surface area contributed by atoms with Gasteiger partial charge < -0.3 is 56.6 Å². The third-order valence-electron chi connectivity index (χ3n) is 10.6. The molecule has 63 heavy (non-hydrogen) atoms. The maximum absolute atomic E-state index is 6.33. The van der Waals surface area contributed by atoms with E-state index in [4.69, 9.17) is 40.4 Å². The van der Waals surface area contributed by atoms with Crippen molar-refractivity contribution in [2.75, 3.05) is 102 Å². The summed E-state index contributed by atoms with van der Waals surface area (Å²) in [6.07, 6.45) is 0. The number of methoxy groups -OCH3 is 4. The molecule has 2 aliphatic rings. The van der Waals surface area contributed by atoms with Crippen molar-refractivity contribution >= 4 is 94.4 Å². The normalized spacial score (nSPS) is 13.3. The average Bonchev–Trinajstić information content (AvgIpc) is 3.24. The van der Waals surface area contributed by atoms with Gasteiger partial charge in [-0.1, -0.05) is 60.7 Å². The molecule has 2 saturated heterocycles. The first kappa shape index (κ1) is 58.1. The van der Waals surface area contributed by atoms with Gasteiger partial charge in [0.2, 0.25) is 0 Å². The molecule has 348 valence electrons. The molecule has 2 aliphatic heterocycles. The zero-order chi connectivity index (χ0) is 39.0. The zero-order valence-corrected chi connectivity index (χ0v) is 39.2. The molecule has 15 nitrogen and oxygen atoms in total. The molecular formula is C44H62Cl4N8O7. The summed E-state index contributed by atoms with van der Waals surface area (Å²) in [5.74, 6) is 4.46. The Labute approximate surface area is 394 Å². The van der Waals surface area contributed by atoms with Gasteiger partial charge in [-0.2, -0.15) is 0 Å². The van der Waals surface area contributed by atoms with Crippen molar-refractivity contribution in [3.63, 3.8) is 0 Å². The van der Waals surface area contributed by atoms with E-state index in [0.29, 0.717) is 34.4 Å². The summed E-state index contributed by atoms with van der Waals surface area (Å²) in [5.41, 5.74) is 18.4. The van der Waals surface area contributed by atoms with Crippen LogP contribution < -0.4 is 40.2 Å². The van der Waals surface area contributed by atoms with Crippen molar-refractivity contribution in [1.29, 1.82) is 0 Å². The van der Waals surface area contributed by atoms with Crippen LogP contribution in [0.15, 0.2) is 97.1 Å². The van der Waals surface area contributed by atoms with Crippen LogP contribution in [0, 0.1) is 0 Å². The molecule has 0 radical (unpaired) electrons. The summed E-state index contributed by atoms with van der Waals surface area (Å²) in [6, 6.07) is 32.7. The molecule has 4 heterocycles. The van der Waals surface area contributed by atoms with E-state index < -0.39 is 0 Å². The van der Waals surface area contributed by atoms with Gasteiger partial charge >= 0.3 is 0 Å². The monoisotopic (exact) mass is 954 g/mol. The predicted octanol–water partition coefficient (Wildman–Crippen LogP) is 5.53. The number of ether oxygens (including phenoxy) is 4. The molecule has 10 N–H and O–H groups in total. The number of nitrogen functional groups attached to an aromatic ring is 2. The number of aromatic nitrogens is 2. The van der Waals surface area contributed by atoms with E-state index in [1.807, 2.05) is 36.4 Å². The molecule has 6 aromatic rings. The molecule has 19 heteroatoms. The van der Waals surface area contributed by atoms with Gasteiger partial charge in [0.25, 0.3) is 0 Å². The maximum atomic E-state index is 6.33. The van der Waals surface area contributed by atoms with Crippen molar-refractivity contribution in [3.8, 4) is 23.0 Å². The minimum atomic E-state index is 0. The summed E-state index contributed by atoms with van der Waals surface area (Å²) in [4.78, 5) is 19.2. The SMILES string of the molecule is COc1cc2nc(N3CCN(Cc4ccccc4)CC3)cc(N)c2cc1OC.COc1cc2nc(N3CCN(Cc4ccccc4)CC3)cc(N)c2cc1OC.Cl.Cl.Cl.Cl.O.O.O. The molecule has 0 atom stereocenters. The number of nitrogens with zero attached hydrogens (tertiary/aromatic N) is 6. The molecule has 0 aliphatic carbocycles. The second-order valence-corrected chi connectivity index (χ2v) is 14.1. The van der Waals surface area contributed by atoms with E-state index >= 15 is 0 Å². The number of halogens is 4. The summed E-state index contributed by atoms with van der Waals surface area (Å²) in [7, 11) is 6.50. The second kappa shape index (κ2) is 27.3. The van der Waals surface area contributed by atoms with Crippen LogP contribution in [0.4, 0.5) is 23.0 Å². The van der Waals surface area contributed by atoms with Crippen LogP contribution in [0.2, 0.25) is 0 Å². The molecule has 0 unspecified atom stereocenters. The van der Waals surface area contributed by atoms with Gasteiger partial charge in [0, 0.05) is 112 Å². The molecule has 2 aromatic heterocycles. The van der Waals surface area contributed by atoms with Crippen molar-refractivity contribution in [1.82, 2.24) is 19.8 Å². The highest BCUT2D eigenvalue weighted by Crippen LogP contribution is 2.37. The number of pyridine rings is 2. The fourth-order valence-corrected chi connectivity index (χ4v) is 7.41. The lowest BCUT2D eigenvalue weighted by molar-refractivity contribution is 0.249. The number of benzene rings is 4. The number of hydrogen-bond donors (Lipinski definition) is 2. The standard InChI is InChI=1S/2C22H26N4O2.4ClH.3H2O/c2*1-27-20-12-17-18(23)13-22(24-19(17)14-21(20)28-2)26-10-8-25(9-11-26)15-16-6-4-3-5-7-16;;;;;;;/h2*3-7,12-14H,8-11,15H2,1-2H3,(H2,23,24);4*1H;3*1H2. The van der Waals surface area contributed by atoms with Crippen molar-refractivity contribution in [3.05, 3.63) is 108 Å². The predicted molar refractivity (Wildman–Crippen MR) is 266 cm³/mol. The number of anilines is 4. The Morgan fingerprint density at radius 3 is 1.05 bits per heavy atom. The lowest BCUT2D eigenvalue weighted by atomic mass is 10.1. The van der Waals surface area contributed by atoms with Crippen LogP contribution >= 0.6 is 49.6 Å². The van der Waals surface area contributed by atoms with E-state index in [-0.39, 0.29) is 66.1 Å². The maximum Gasteiger partial charge on any atom is 0.162 e. The number of rotatable bonds is 10. The van der Waals surface area contributed by atoms with Crippen molar-refractivity contribution in [2.45, 2.75) is 13.1 Å². The molecule has 0 amide bonds. The highest BCUT2D eigenvalue weighted by Gasteiger charge is 2.22. The number of nitrogens with two attached hydrogens (primary N) is 2. The fourth-order valence-electron chi connectivity index (χ4n) is 7.41. The average molecular weight is 957 g/mol. The van der Waals surface area contributed by atoms with E-state index in [2.05, 4.69) is 80.3 Å². The van der Waals surface area contributed by atoms with Crippen LogP contribution in [0.3, 0.4) is 0 Å². The first-order valence-corrected chi connectivity index (χ1v) is 19.0. The quantitative estimate of drug-likeness (QED) is 0.173. The minimum Gasteiger partial charge on any atom is -0.493 e. The molecule has 0 saturated carbocycles. The van der Waals surface area contributed by atoms with E-state index in [1.54, 1.807) is 28.4 Å². The lowest BCUT2D eigenvalue weighted by Gasteiger charge is -2.35. The van der Waals surface area contributed by atoms with Crippen LogP contribution in [0.1, 0.15) is 11.1 Å². The third-order valence-corrected chi connectivity index (χ3v) is 10.6. The van der Waals surface area contributed by atoms with Crippen molar-refractivity contribution < 1.29 is 35.4 Å². The molecule has 0 spiro atoms. The summed E-state index contributed by atoms with van der Waals surface area (Å²) in [5, 5.41) is 1.76. The summed E-state index contributed by atoms with van der Waals surface area (Å²) in [6.45, 7) is 9.69. The molecule has 4 aromatic carbocycles. The molecule has 0 bridgehead atoms. The second-order valence-electron chi connectivity index (χ2n) is 14.1. The van der Waals surface area contributed by atoms with Gasteiger partial charge in [0.15, 0.2) is 23.0 Å². The largest absolute Gasteiger partial charge is 0.493 e. The van der Waals surface area contributed by atoms with E-state index in [9.17, 15) is 0 Å². The number of hydrogen-bond acceptors (Lipinski definition) is 12. The molecule has 2 fully saturated rings. The summed E-state index contributed by atoms with van der Waals surface area (Å²) >= 11 is 0. The van der Waals surface area contributed by atoms with Crippen LogP contribution in [-0.2, 0) is 13.1 Å². The Hall–Kier alpha value is -4.94. The third kappa shape index (κ3) is 14.0. The van der Waals surface area contributed by atoms with Gasteiger partial charge in [-0.25, -0.2) is 9.97 Å². The van der Waals surface area contributed by atoms with Gasteiger partial charge in [0.1, 0.15) is 11.6 Å². The zero-order valence-electron chi connectivity index (χ0n) is 35.9. The summed E-state index contributed by atoms with van der Waals surface area (Å²) < 4.78 is 21.6. The topological polar surface area (TPSA) is 222 Å². The van der Waals surface area contributed by atoms with Gasteiger partial charge in [-0.3, -0.25) is 9.80 Å². The Morgan fingerprint density at radius 2 is 0.746 bits per heavy atom. The Bertz CT molecular complexity index is 2100. The molecule has 8 rings (SSSR count). The van der Waals surface area contributed by atoms with E-state index in [0.717, 1.165) is 98.9 Å². The number of piperazine rings is 2. The fraction of sp³-hybridized carbons (Fsp3) is 0.318.